The molecule has 0 saturated carbocycles. The van der Waals surface area contributed by atoms with Crippen molar-refractivity contribution in [2.45, 2.75) is 25.9 Å². The lowest BCUT2D eigenvalue weighted by molar-refractivity contribution is -0.123. The summed E-state index contributed by atoms with van der Waals surface area (Å²) < 4.78 is 16.2. The first-order valence-corrected chi connectivity index (χ1v) is 9.05. The van der Waals surface area contributed by atoms with Gasteiger partial charge in [-0.1, -0.05) is 0 Å². The first-order valence-electron chi connectivity index (χ1n) is 9.05. The van der Waals surface area contributed by atoms with Crippen molar-refractivity contribution < 1.29 is 23.2 Å². The van der Waals surface area contributed by atoms with E-state index in [-0.39, 0.29) is 17.7 Å². The second-order valence-electron chi connectivity index (χ2n) is 6.53. The van der Waals surface area contributed by atoms with Crippen LogP contribution in [0, 0.1) is 6.92 Å². The molecule has 1 fully saturated rings. The third kappa shape index (κ3) is 4.99. The molecule has 0 radical (unpaired) electrons. The number of rotatable bonds is 7. The van der Waals surface area contributed by atoms with Gasteiger partial charge in [-0.2, -0.15) is 0 Å². The molecule has 3 heterocycles. The van der Waals surface area contributed by atoms with Crippen LogP contribution in [0.25, 0.3) is 0 Å². The second-order valence-corrected chi connectivity index (χ2v) is 6.53. The SMILES string of the molecule is Cc1ccc(C(CNC(=O)C(C)NC(=O)c2ccco2)N2CCOCC2)o1. The van der Waals surface area contributed by atoms with Crippen LogP contribution in [0.3, 0.4) is 0 Å². The minimum atomic E-state index is -0.689. The molecule has 2 aromatic heterocycles. The second kappa shape index (κ2) is 8.88. The first kappa shape index (κ1) is 19.2. The first-order chi connectivity index (χ1) is 13.0. The molecular weight excluding hydrogens is 350 g/mol. The minimum Gasteiger partial charge on any atom is -0.465 e. The lowest BCUT2D eigenvalue weighted by Gasteiger charge is -2.33. The van der Waals surface area contributed by atoms with E-state index < -0.39 is 11.9 Å². The monoisotopic (exact) mass is 375 g/mol. The van der Waals surface area contributed by atoms with Crippen molar-refractivity contribution in [3.63, 3.8) is 0 Å². The smallest absolute Gasteiger partial charge is 0.287 e. The highest BCUT2D eigenvalue weighted by Crippen LogP contribution is 2.23. The van der Waals surface area contributed by atoms with Crippen LogP contribution in [0.1, 0.15) is 35.0 Å². The maximum Gasteiger partial charge on any atom is 0.287 e. The van der Waals surface area contributed by atoms with E-state index >= 15 is 0 Å². The summed E-state index contributed by atoms with van der Waals surface area (Å²) >= 11 is 0. The number of carbonyl (C=O) groups excluding carboxylic acids is 2. The van der Waals surface area contributed by atoms with Gasteiger partial charge in [0.25, 0.3) is 5.91 Å². The van der Waals surface area contributed by atoms with Crippen LogP contribution in [-0.4, -0.2) is 55.6 Å². The predicted octanol–water partition coefficient (Wildman–Crippen LogP) is 1.49. The summed E-state index contributed by atoms with van der Waals surface area (Å²) in [7, 11) is 0. The standard InChI is InChI=1S/C19H25N3O5/c1-13-5-6-16(27-13)15(22-7-10-25-11-8-22)12-20-18(23)14(2)21-19(24)17-4-3-9-26-17/h3-6,9,14-15H,7-8,10-12H2,1-2H3,(H,20,23)(H,21,24). The molecule has 8 heteroatoms. The number of hydrogen-bond donors (Lipinski definition) is 2. The average Bonchev–Trinajstić information content (AvgIpc) is 3.34. The molecular formula is C19H25N3O5. The zero-order chi connectivity index (χ0) is 19.2. The highest BCUT2D eigenvalue weighted by atomic mass is 16.5. The number of amides is 2. The number of ether oxygens (including phenoxy) is 1. The Morgan fingerprint density at radius 2 is 2.00 bits per heavy atom. The molecule has 2 unspecified atom stereocenters. The summed E-state index contributed by atoms with van der Waals surface area (Å²) in [5, 5.41) is 5.54. The topological polar surface area (TPSA) is 97.0 Å². The van der Waals surface area contributed by atoms with Crippen molar-refractivity contribution in [1.29, 1.82) is 0 Å². The minimum absolute atomic E-state index is 0.0838. The van der Waals surface area contributed by atoms with E-state index in [1.807, 2.05) is 19.1 Å². The third-order valence-electron chi connectivity index (χ3n) is 4.53. The quantitative estimate of drug-likeness (QED) is 0.761. The largest absolute Gasteiger partial charge is 0.465 e. The summed E-state index contributed by atoms with van der Waals surface area (Å²) in [5.74, 6) is 1.12. The van der Waals surface area contributed by atoms with E-state index in [1.54, 1.807) is 19.1 Å². The lowest BCUT2D eigenvalue weighted by Crippen LogP contribution is -2.48. The van der Waals surface area contributed by atoms with Gasteiger partial charge in [0, 0.05) is 19.6 Å². The van der Waals surface area contributed by atoms with Crippen molar-refractivity contribution >= 4 is 11.8 Å². The Morgan fingerprint density at radius 3 is 2.63 bits per heavy atom. The normalized spacial score (nSPS) is 17.3. The van der Waals surface area contributed by atoms with Crippen LogP contribution in [0.4, 0.5) is 0 Å². The summed E-state index contributed by atoms with van der Waals surface area (Å²) in [5.41, 5.74) is 0. The lowest BCUT2D eigenvalue weighted by atomic mass is 10.1. The van der Waals surface area contributed by atoms with E-state index in [1.165, 1.54) is 6.26 Å². The molecule has 1 aliphatic rings. The molecule has 0 aromatic carbocycles. The van der Waals surface area contributed by atoms with Gasteiger partial charge in [-0.15, -0.1) is 0 Å². The molecule has 1 saturated heterocycles. The van der Waals surface area contributed by atoms with Gasteiger partial charge in [0.15, 0.2) is 5.76 Å². The summed E-state index contributed by atoms with van der Waals surface area (Å²) in [6.45, 7) is 6.75. The summed E-state index contributed by atoms with van der Waals surface area (Å²) in [6.07, 6.45) is 1.41. The van der Waals surface area contributed by atoms with Crippen LogP contribution in [-0.2, 0) is 9.53 Å². The molecule has 146 valence electrons. The van der Waals surface area contributed by atoms with Crippen LogP contribution in [0.15, 0.2) is 39.4 Å². The fraction of sp³-hybridized carbons (Fsp3) is 0.474. The summed E-state index contributed by atoms with van der Waals surface area (Å²) in [4.78, 5) is 26.7. The Balaban J connectivity index is 1.58. The molecule has 27 heavy (non-hydrogen) atoms. The average molecular weight is 375 g/mol. The Hall–Kier alpha value is -2.58. The fourth-order valence-electron chi connectivity index (χ4n) is 3.02. The van der Waals surface area contributed by atoms with Gasteiger partial charge in [0.05, 0.1) is 25.5 Å². The van der Waals surface area contributed by atoms with Crippen molar-refractivity contribution in [2.75, 3.05) is 32.8 Å². The zero-order valence-electron chi connectivity index (χ0n) is 15.6. The number of nitrogens with zero attached hydrogens (tertiary/aromatic N) is 1. The molecule has 8 nitrogen and oxygen atoms in total. The number of hydrogen-bond acceptors (Lipinski definition) is 6. The Morgan fingerprint density at radius 1 is 1.22 bits per heavy atom. The van der Waals surface area contributed by atoms with Gasteiger partial charge >= 0.3 is 0 Å². The Bertz CT molecular complexity index is 749. The summed E-state index contributed by atoms with van der Waals surface area (Å²) in [6, 6.07) is 6.25. The van der Waals surface area contributed by atoms with Crippen LogP contribution in [0.5, 0.6) is 0 Å². The number of furan rings is 2. The van der Waals surface area contributed by atoms with E-state index in [9.17, 15) is 9.59 Å². The number of nitrogens with one attached hydrogen (secondary N) is 2. The van der Waals surface area contributed by atoms with E-state index in [2.05, 4.69) is 15.5 Å². The van der Waals surface area contributed by atoms with Crippen LogP contribution in [0.2, 0.25) is 0 Å². The van der Waals surface area contributed by atoms with Crippen LogP contribution >= 0.6 is 0 Å². The van der Waals surface area contributed by atoms with Crippen LogP contribution < -0.4 is 10.6 Å². The molecule has 0 aliphatic carbocycles. The molecule has 3 rings (SSSR count). The third-order valence-corrected chi connectivity index (χ3v) is 4.53. The van der Waals surface area contributed by atoms with E-state index in [4.69, 9.17) is 13.6 Å². The maximum atomic E-state index is 12.4. The molecule has 1 aliphatic heterocycles. The van der Waals surface area contributed by atoms with Gasteiger partial charge in [-0.05, 0) is 38.1 Å². The molecule has 2 amide bonds. The van der Waals surface area contributed by atoms with Gasteiger partial charge in [0.2, 0.25) is 5.91 Å². The Kier molecular flexibility index (Phi) is 6.31. The zero-order valence-corrected chi connectivity index (χ0v) is 15.6. The number of carbonyl (C=O) groups is 2. The maximum absolute atomic E-state index is 12.4. The molecule has 2 N–H and O–H groups in total. The van der Waals surface area contributed by atoms with E-state index in [0.29, 0.717) is 19.8 Å². The van der Waals surface area contributed by atoms with Crippen molar-refractivity contribution in [1.82, 2.24) is 15.5 Å². The van der Waals surface area contributed by atoms with Gasteiger partial charge in [-0.3, -0.25) is 14.5 Å². The van der Waals surface area contributed by atoms with Crippen molar-refractivity contribution in [3.8, 4) is 0 Å². The predicted molar refractivity (Wildman–Crippen MR) is 97.2 cm³/mol. The Labute approximate surface area is 157 Å². The number of morpholine rings is 1. The number of aryl methyl sites for hydroxylation is 1. The highest BCUT2D eigenvalue weighted by molar-refractivity contribution is 5.95. The molecule has 2 atom stereocenters. The van der Waals surface area contributed by atoms with Gasteiger partial charge < -0.3 is 24.2 Å². The van der Waals surface area contributed by atoms with Gasteiger partial charge in [-0.25, -0.2) is 0 Å². The van der Waals surface area contributed by atoms with Crippen molar-refractivity contribution in [3.05, 3.63) is 47.8 Å². The fourth-order valence-corrected chi connectivity index (χ4v) is 3.02. The molecule has 2 aromatic rings. The molecule has 0 bridgehead atoms. The molecule has 0 spiro atoms. The highest BCUT2D eigenvalue weighted by Gasteiger charge is 2.27. The van der Waals surface area contributed by atoms with Crippen molar-refractivity contribution in [2.24, 2.45) is 0 Å². The van der Waals surface area contributed by atoms with E-state index in [0.717, 1.165) is 24.6 Å². The van der Waals surface area contributed by atoms with Gasteiger partial charge in [0.1, 0.15) is 17.6 Å².